The van der Waals surface area contributed by atoms with Crippen molar-refractivity contribution in [3.8, 4) is 0 Å². The highest BCUT2D eigenvalue weighted by molar-refractivity contribution is 5.94. The number of carbonyl (C=O) groups excluding carboxylic acids is 1. The van der Waals surface area contributed by atoms with Crippen LogP contribution in [0, 0.1) is 5.82 Å². The summed E-state index contributed by atoms with van der Waals surface area (Å²) in [5.41, 5.74) is 0.0974. The average molecular weight is 209 g/mol. The fourth-order valence-electron chi connectivity index (χ4n) is 1.10. The Morgan fingerprint density at radius 2 is 2.13 bits per heavy atom. The number of amides is 1. The molecule has 0 heterocycles. The molecule has 0 bridgehead atoms. The van der Waals surface area contributed by atoms with Gasteiger partial charge in [0.25, 0.3) is 5.91 Å². The SMILES string of the molecule is CCC(C)(C)NC(=O)c1cccc(F)c1. The molecule has 0 unspecified atom stereocenters. The summed E-state index contributed by atoms with van der Waals surface area (Å²) in [7, 11) is 0. The van der Waals surface area contributed by atoms with E-state index in [1.54, 1.807) is 6.07 Å². The summed E-state index contributed by atoms with van der Waals surface area (Å²) in [6.07, 6.45) is 0.827. The van der Waals surface area contributed by atoms with E-state index in [2.05, 4.69) is 5.32 Å². The normalized spacial score (nSPS) is 11.2. The summed E-state index contributed by atoms with van der Waals surface area (Å²) < 4.78 is 12.9. The summed E-state index contributed by atoms with van der Waals surface area (Å²) in [5, 5.41) is 2.84. The van der Waals surface area contributed by atoms with Gasteiger partial charge in [-0.1, -0.05) is 13.0 Å². The second-order valence-corrected chi connectivity index (χ2v) is 4.20. The van der Waals surface area contributed by atoms with Crippen molar-refractivity contribution in [1.29, 1.82) is 0 Å². The molecule has 0 saturated carbocycles. The van der Waals surface area contributed by atoms with E-state index in [1.807, 2.05) is 20.8 Å². The number of hydrogen-bond acceptors (Lipinski definition) is 1. The molecule has 15 heavy (non-hydrogen) atoms. The van der Waals surface area contributed by atoms with Crippen molar-refractivity contribution >= 4 is 5.91 Å². The second-order valence-electron chi connectivity index (χ2n) is 4.20. The Morgan fingerprint density at radius 1 is 1.47 bits per heavy atom. The van der Waals surface area contributed by atoms with Crippen LogP contribution < -0.4 is 5.32 Å². The van der Waals surface area contributed by atoms with Crippen LogP contribution in [-0.2, 0) is 0 Å². The van der Waals surface area contributed by atoms with Crippen molar-refractivity contribution in [1.82, 2.24) is 5.32 Å². The van der Waals surface area contributed by atoms with Crippen LogP contribution in [0.3, 0.4) is 0 Å². The topological polar surface area (TPSA) is 29.1 Å². The molecule has 3 heteroatoms. The predicted molar refractivity (Wildman–Crippen MR) is 58.2 cm³/mol. The zero-order valence-electron chi connectivity index (χ0n) is 9.30. The summed E-state index contributed by atoms with van der Waals surface area (Å²) in [4.78, 5) is 11.7. The van der Waals surface area contributed by atoms with E-state index in [0.29, 0.717) is 5.56 Å². The molecule has 0 spiro atoms. The standard InChI is InChI=1S/C12H16FNO/c1-4-12(2,3)14-11(15)9-6-5-7-10(13)8-9/h5-8H,4H2,1-3H3,(H,14,15). The van der Waals surface area contributed by atoms with Crippen LogP contribution in [0.4, 0.5) is 4.39 Å². The van der Waals surface area contributed by atoms with Gasteiger partial charge in [0.2, 0.25) is 0 Å². The lowest BCUT2D eigenvalue weighted by molar-refractivity contribution is 0.0911. The van der Waals surface area contributed by atoms with Crippen molar-refractivity contribution in [2.45, 2.75) is 32.7 Å². The molecule has 0 fully saturated rings. The maximum absolute atomic E-state index is 12.9. The molecule has 1 N–H and O–H groups in total. The minimum absolute atomic E-state index is 0.235. The summed E-state index contributed by atoms with van der Waals surface area (Å²) in [5.74, 6) is -0.627. The average Bonchev–Trinajstić information content (AvgIpc) is 2.17. The minimum atomic E-state index is -0.392. The third kappa shape index (κ3) is 3.35. The largest absolute Gasteiger partial charge is 0.347 e. The van der Waals surface area contributed by atoms with Crippen LogP contribution in [0.15, 0.2) is 24.3 Å². The Morgan fingerprint density at radius 3 is 2.67 bits per heavy atom. The van der Waals surface area contributed by atoms with E-state index < -0.39 is 5.82 Å². The van der Waals surface area contributed by atoms with Gasteiger partial charge < -0.3 is 5.32 Å². The molecule has 82 valence electrons. The van der Waals surface area contributed by atoms with E-state index in [9.17, 15) is 9.18 Å². The van der Waals surface area contributed by atoms with Gasteiger partial charge in [0.05, 0.1) is 0 Å². The monoisotopic (exact) mass is 209 g/mol. The first-order valence-electron chi connectivity index (χ1n) is 5.03. The lowest BCUT2D eigenvalue weighted by Crippen LogP contribution is -2.42. The van der Waals surface area contributed by atoms with E-state index in [0.717, 1.165) is 6.42 Å². The first-order chi connectivity index (χ1) is 6.94. The number of carbonyl (C=O) groups is 1. The fraction of sp³-hybridized carbons (Fsp3) is 0.417. The van der Waals surface area contributed by atoms with Gasteiger partial charge in [0.15, 0.2) is 0 Å². The van der Waals surface area contributed by atoms with E-state index >= 15 is 0 Å². The molecule has 1 rings (SSSR count). The first-order valence-corrected chi connectivity index (χ1v) is 5.03. The molecule has 0 aromatic heterocycles. The van der Waals surface area contributed by atoms with Gasteiger partial charge >= 0.3 is 0 Å². The van der Waals surface area contributed by atoms with Crippen molar-refractivity contribution in [2.75, 3.05) is 0 Å². The highest BCUT2D eigenvalue weighted by Crippen LogP contribution is 2.10. The maximum atomic E-state index is 12.9. The number of nitrogens with one attached hydrogen (secondary N) is 1. The lowest BCUT2D eigenvalue weighted by atomic mass is 10.0. The third-order valence-corrected chi connectivity index (χ3v) is 2.42. The molecular formula is C12H16FNO. The quantitative estimate of drug-likeness (QED) is 0.814. The molecule has 2 nitrogen and oxygen atoms in total. The fourth-order valence-corrected chi connectivity index (χ4v) is 1.10. The van der Waals surface area contributed by atoms with Crippen LogP contribution in [0.5, 0.6) is 0 Å². The summed E-state index contributed by atoms with van der Waals surface area (Å²) >= 11 is 0. The Bertz CT molecular complexity index is 360. The zero-order chi connectivity index (χ0) is 11.5. The number of benzene rings is 1. The van der Waals surface area contributed by atoms with Gasteiger partial charge in [0, 0.05) is 11.1 Å². The molecule has 1 aromatic carbocycles. The predicted octanol–water partition coefficient (Wildman–Crippen LogP) is 2.74. The summed E-state index contributed by atoms with van der Waals surface area (Å²) in [6, 6.07) is 5.69. The number of hydrogen-bond donors (Lipinski definition) is 1. The Kier molecular flexibility index (Phi) is 3.45. The van der Waals surface area contributed by atoms with Gasteiger partial charge in [-0.15, -0.1) is 0 Å². The molecule has 0 saturated heterocycles. The second kappa shape index (κ2) is 4.43. The van der Waals surface area contributed by atoms with Gasteiger partial charge in [-0.2, -0.15) is 0 Å². The number of rotatable bonds is 3. The Balaban J connectivity index is 2.78. The minimum Gasteiger partial charge on any atom is -0.347 e. The van der Waals surface area contributed by atoms with Crippen LogP contribution in [0.1, 0.15) is 37.6 Å². The van der Waals surface area contributed by atoms with E-state index in [4.69, 9.17) is 0 Å². The van der Waals surface area contributed by atoms with Crippen LogP contribution >= 0.6 is 0 Å². The van der Waals surface area contributed by atoms with E-state index in [-0.39, 0.29) is 11.4 Å². The lowest BCUT2D eigenvalue weighted by Gasteiger charge is -2.24. The Hall–Kier alpha value is -1.38. The van der Waals surface area contributed by atoms with Crippen LogP contribution in [-0.4, -0.2) is 11.4 Å². The third-order valence-electron chi connectivity index (χ3n) is 2.42. The highest BCUT2D eigenvalue weighted by Gasteiger charge is 2.18. The van der Waals surface area contributed by atoms with Crippen LogP contribution in [0.25, 0.3) is 0 Å². The maximum Gasteiger partial charge on any atom is 0.251 e. The van der Waals surface area contributed by atoms with Gasteiger partial charge in [0.1, 0.15) is 5.82 Å². The summed E-state index contributed by atoms with van der Waals surface area (Å²) in [6.45, 7) is 5.86. The molecule has 1 aromatic rings. The van der Waals surface area contributed by atoms with Crippen LogP contribution in [0.2, 0.25) is 0 Å². The molecule has 0 atom stereocenters. The van der Waals surface area contributed by atoms with Crippen molar-refractivity contribution in [2.24, 2.45) is 0 Å². The van der Waals surface area contributed by atoms with E-state index in [1.165, 1.54) is 18.2 Å². The molecule has 0 aliphatic rings. The smallest absolute Gasteiger partial charge is 0.251 e. The van der Waals surface area contributed by atoms with Gasteiger partial charge in [-0.3, -0.25) is 4.79 Å². The van der Waals surface area contributed by atoms with Gasteiger partial charge in [-0.05, 0) is 38.5 Å². The first kappa shape index (κ1) is 11.7. The molecule has 1 amide bonds. The highest BCUT2D eigenvalue weighted by atomic mass is 19.1. The number of halogens is 1. The molecule has 0 aliphatic carbocycles. The van der Waals surface area contributed by atoms with Crippen molar-refractivity contribution in [3.63, 3.8) is 0 Å². The van der Waals surface area contributed by atoms with Gasteiger partial charge in [-0.25, -0.2) is 4.39 Å². The van der Waals surface area contributed by atoms with Crippen molar-refractivity contribution in [3.05, 3.63) is 35.6 Å². The molecule has 0 aliphatic heterocycles. The zero-order valence-corrected chi connectivity index (χ0v) is 9.30. The molecular weight excluding hydrogens is 193 g/mol. The molecule has 0 radical (unpaired) electrons. The Labute approximate surface area is 89.5 Å². The van der Waals surface area contributed by atoms with Crippen molar-refractivity contribution < 1.29 is 9.18 Å².